The molecular weight excluding hydrogens is 380 g/mol. The fourth-order valence-corrected chi connectivity index (χ4v) is 5.67. The maximum absolute atomic E-state index is 12.5. The number of anilines is 2. The molecule has 0 radical (unpaired) electrons. The highest BCUT2D eigenvalue weighted by Gasteiger charge is 2.42. The van der Waals surface area contributed by atoms with E-state index < -0.39 is 31.9 Å². The summed E-state index contributed by atoms with van der Waals surface area (Å²) in [6, 6.07) is 5.45. The van der Waals surface area contributed by atoms with Crippen LogP contribution in [0.5, 0.6) is 0 Å². The first kappa shape index (κ1) is 18.3. The van der Waals surface area contributed by atoms with E-state index in [9.17, 15) is 21.6 Å². The van der Waals surface area contributed by atoms with Gasteiger partial charge in [-0.1, -0.05) is 6.92 Å². The van der Waals surface area contributed by atoms with Crippen molar-refractivity contribution in [3.8, 4) is 0 Å². The first-order valence-electron chi connectivity index (χ1n) is 7.59. The third-order valence-electron chi connectivity index (χ3n) is 3.83. The summed E-state index contributed by atoms with van der Waals surface area (Å²) in [7, 11) is -7.72. The molecule has 1 amide bonds. The van der Waals surface area contributed by atoms with Gasteiger partial charge in [0.05, 0.1) is 22.3 Å². The van der Waals surface area contributed by atoms with Crippen molar-refractivity contribution in [3.63, 3.8) is 0 Å². The van der Waals surface area contributed by atoms with Crippen LogP contribution in [-0.4, -0.2) is 38.5 Å². The van der Waals surface area contributed by atoms with E-state index in [1.165, 1.54) is 44.4 Å². The van der Waals surface area contributed by atoms with Gasteiger partial charge < -0.3 is 0 Å². The molecule has 2 aromatic rings. The SMILES string of the molecule is Cc1cc(N2C(=O)C(C)CS2(=O)=O)ccc1S(=O)(=O)Nc1ncccn1. The van der Waals surface area contributed by atoms with Gasteiger partial charge in [-0.2, -0.15) is 0 Å². The van der Waals surface area contributed by atoms with E-state index in [1.807, 2.05) is 0 Å². The van der Waals surface area contributed by atoms with Crippen molar-refractivity contribution in [1.29, 1.82) is 0 Å². The lowest BCUT2D eigenvalue weighted by Gasteiger charge is -2.17. The third kappa shape index (κ3) is 3.27. The van der Waals surface area contributed by atoms with Gasteiger partial charge in [0.1, 0.15) is 0 Å². The zero-order chi connectivity index (χ0) is 19.1. The number of carbonyl (C=O) groups excluding carboxylic acids is 1. The smallest absolute Gasteiger partial charge is 0.264 e. The van der Waals surface area contributed by atoms with Crippen molar-refractivity contribution < 1.29 is 21.6 Å². The summed E-state index contributed by atoms with van der Waals surface area (Å²) in [5.41, 5.74) is 0.403. The van der Waals surface area contributed by atoms with Crippen molar-refractivity contribution in [2.75, 3.05) is 14.8 Å². The van der Waals surface area contributed by atoms with Crippen LogP contribution in [0, 0.1) is 12.8 Å². The molecule has 1 saturated heterocycles. The van der Waals surface area contributed by atoms with Crippen LogP contribution < -0.4 is 9.03 Å². The van der Waals surface area contributed by atoms with Gasteiger partial charge in [0.15, 0.2) is 0 Å². The molecule has 1 aliphatic heterocycles. The zero-order valence-corrected chi connectivity index (χ0v) is 15.6. The summed E-state index contributed by atoms with van der Waals surface area (Å²) in [5, 5.41) is 0. The summed E-state index contributed by atoms with van der Waals surface area (Å²) in [6.45, 7) is 3.05. The van der Waals surface area contributed by atoms with E-state index in [0.29, 0.717) is 0 Å². The highest BCUT2D eigenvalue weighted by molar-refractivity contribution is 7.94. The molecule has 9 nitrogen and oxygen atoms in total. The predicted molar refractivity (Wildman–Crippen MR) is 94.5 cm³/mol. The van der Waals surface area contributed by atoms with Crippen LogP contribution in [0.15, 0.2) is 41.6 Å². The van der Waals surface area contributed by atoms with Gasteiger partial charge in [0.25, 0.3) is 10.0 Å². The minimum absolute atomic E-state index is 0.0641. The van der Waals surface area contributed by atoms with E-state index in [-0.39, 0.29) is 27.8 Å². The van der Waals surface area contributed by atoms with Crippen molar-refractivity contribution in [1.82, 2.24) is 9.97 Å². The summed E-state index contributed by atoms with van der Waals surface area (Å²) in [4.78, 5) is 19.7. The second-order valence-electron chi connectivity index (χ2n) is 5.91. The molecule has 1 aromatic heterocycles. The largest absolute Gasteiger partial charge is 0.273 e. The highest BCUT2D eigenvalue weighted by atomic mass is 32.2. The minimum Gasteiger partial charge on any atom is -0.273 e. The summed E-state index contributed by atoms with van der Waals surface area (Å²) in [5.74, 6) is -1.52. The van der Waals surface area contributed by atoms with Crippen LogP contribution in [0.4, 0.5) is 11.6 Å². The average molecular weight is 396 g/mol. The molecule has 11 heteroatoms. The van der Waals surface area contributed by atoms with Gasteiger partial charge >= 0.3 is 0 Å². The molecule has 1 aliphatic rings. The average Bonchev–Trinajstić information content (AvgIpc) is 2.75. The van der Waals surface area contributed by atoms with E-state index in [2.05, 4.69) is 14.7 Å². The molecule has 1 N–H and O–H groups in total. The molecule has 1 unspecified atom stereocenters. The number of aromatic nitrogens is 2. The summed E-state index contributed by atoms with van der Waals surface area (Å²) < 4.78 is 52.3. The lowest BCUT2D eigenvalue weighted by Crippen LogP contribution is -2.30. The second-order valence-corrected chi connectivity index (χ2v) is 9.42. The van der Waals surface area contributed by atoms with Crippen LogP contribution in [0.3, 0.4) is 0 Å². The second kappa shape index (κ2) is 6.32. The van der Waals surface area contributed by atoms with Crippen LogP contribution in [0.1, 0.15) is 12.5 Å². The topological polar surface area (TPSA) is 126 Å². The first-order chi connectivity index (χ1) is 12.1. The predicted octanol–water partition coefficient (Wildman–Crippen LogP) is 0.898. The Morgan fingerprint density at radius 2 is 1.88 bits per heavy atom. The maximum Gasteiger partial charge on any atom is 0.264 e. The molecule has 0 aliphatic carbocycles. The number of nitrogens with one attached hydrogen (secondary N) is 1. The monoisotopic (exact) mass is 396 g/mol. The Morgan fingerprint density at radius 3 is 2.42 bits per heavy atom. The molecule has 1 aromatic carbocycles. The third-order valence-corrected chi connectivity index (χ3v) is 7.19. The Hall–Kier alpha value is -2.53. The van der Waals surface area contributed by atoms with Gasteiger partial charge in [-0.3, -0.25) is 4.79 Å². The van der Waals surface area contributed by atoms with Gasteiger partial charge in [0, 0.05) is 12.4 Å². The number of hydrogen-bond donors (Lipinski definition) is 1. The van der Waals surface area contributed by atoms with Crippen molar-refractivity contribution in [3.05, 3.63) is 42.2 Å². The molecule has 26 heavy (non-hydrogen) atoms. The Balaban J connectivity index is 1.97. The number of carbonyl (C=O) groups is 1. The van der Waals surface area contributed by atoms with Gasteiger partial charge in [-0.05, 0) is 36.8 Å². The summed E-state index contributed by atoms with van der Waals surface area (Å²) in [6.07, 6.45) is 2.79. The first-order valence-corrected chi connectivity index (χ1v) is 10.7. The van der Waals surface area contributed by atoms with Crippen LogP contribution in [-0.2, 0) is 24.8 Å². The Kier molecular flexibility index (Phi) is 4.44. The van der Waals surface area contributed by atoms with Gasteiger partial charge in [0.2, 0.25) is 21.9 Å². The molecule has 138 valence electrons. The number of rotatable bonds is 4. The Labute approximate surface area is 151 Å². The van der Waals surface area contributed by atoms with Crippen LogP contribution in [0.2, 0.25) is 0 Å². The fourth-order valence-electron chi connectivity index (χ4n) is 2.68. The number of sulfonamides is 2. The van der Waals surface area contributed by atoms with Crippen molar-refractivity contribution in [2.24, 2.45) is 5.92 Å². The van der Waals surface area contributed by atoms with E-state index in [0.717, 1.165) is 4.31 Å². The van der Waals surface area contributed by atoms with Gasteiger partial charge in [-0.15, -0.1) is 0 Å². The quantitative estimate of drug-likeness (QED) is 0.813. The number of nitrogens with zero attached hydrogens (tertiary/aromatic N) is 3. The molecule has 1 atom stereocenters. The van der Waals surface area contributed by atoms with Crippen LogP contribution >= 0.6 is 0 Å². The molecule has 2 heterocycles. The van der Waals surface area contributed by atoms with Crippen molar-refractivity contribution >= 4 is 37.6 Å². The standard InChI is InChI=1S/C15H16N4O5S2/c1-10-8-12(19-14(20)11(2)9-25(19,21)22)4-5-13(10)26(23,24)18-15-16-6-3-7-17-15/h3-8,11H,9H2,1-2H3,(H,16,17,18). The van der Waals surface area contributed by atoms with E-state index in [4.69, 9.17) is 0 Å². The van der Waals surface area contributed by atoms with Crippen molar-refractivity contribution in [2.45, 2.75) is 18.7 Å². The minimum atomic E-state index is -3.97. The molecule has 0 bridgehead atoms. The van der Waals surface area contributed by atoms with Crippen LogP contribution in [0.25, 0.3) is 0 Å². The molecule has 0 saturated carbocycles. The van der Waals surface area contributed by atoms with E-state index >= 15 is 0 Å². The van der Waals surface area contributed by atoms with E-state index in [1.54, 1.807) is 6.07 Å². The van der Waals surface area contributed by atoms with Gasteiger partial charge in [-0.25, -0.2) is 35.8 Å². The normalized spacial score (nSPS) is 19.5. The molecule has 0 spiro atoms. The Bertz CT molecular complexity index is 1070. The molecular formula is C15H16N4O5S2. The number of aryl methyl sites for hydroxylation is 1. The number of benzene rings is 1. The lowest BCUT2D eigenvalue weighted by molar-refractivity contribution is -0.119. The molecule has 3 rings (SSSR count). The maximum atomic E-state index is 12.5. The Morgan fingerprint density at radius 1 is 1.23 bits per heavy atom. The number of hydrogen-bond acceptors (Lipinski definition) is 7. The lowest BCUT2D eigenvalue weighted by atomic mass is 10.2. The molecule has 1 fully saturated rings. The summed E-state index contributed by atoms with van der Waals surface area (Å²) >= 11 is 0. The highest BCUT2D eigenvalue weighted by Crippen LogP contribution is 2.30. The number of amides is 1. The zero-order valence-electron chi connectivity index (χ0n) is 13.9. The fraction of sp³-hybridized carbons (Fsp3) is 0.267.